The van der Waals surface area contributed by atoms with Gasteiger partial charge in [0.25, 0.3) is 0 Å². The van der Waals surface area contributed by atoms with Gasteiger partial charge in [0, 0.05) is 29.5 Å². The average molecular weight is 306 g/mol. The molecule has 2 rings (SSSR count). The van der Waals surface area contributed by atoms with Crippen LogP contribution in [-0.4, -0.2) is 23.6 Å². The Morgan fingerprint density at radius 2 is 1.90 bits per heavy atom. The maximum atomic E-state index is 5.38. The first kappa shape index (κ1) is 15.7. The van der Waals surface area contributed by atoms with Crippen LogP contribution in [0.3, 0.4) is 0 Å². The molecule has 0 aliphatic heterocycles. The number of nitrogens with one attached hydrogen (secondary N) is 2. The summed E-state index contributed by atoms with van der Waals surface area (Å²) in [6.45, 7) is 6.00. The minimum absolute atomic E-state index is 0.430. The smallest absolute Gasteiger partial charge is 0.158 e. The van der Waals surface area contributed by atoms with Gasteiger partial charge < -0.3 is 15.4 Å². The zero-order valence-corrected chi connectivity index (χ0v) is 13.6. The van der Waals surface area contributed by atoms with Crippen molar-refractivity contribution < 1.29 is 4.74 Å². The maximum absolute atomic E-state index is 5.38. The Morgan fingerprint density at radius 3 is 2.57 bits per heavy atom. The van der Waals surface area contributed by atoms with E-state index in [1.165, 1.54) is 9.75 Å². The number of ether oxygens (including phenoxy) is 1. The van der Waals surface area contributed by atoms with E-state index in [1.54, 1.807) is 0 Å². The van der Waals surface area contributed by atoms with Gasteiger partial charge in [0.2, 0.25) is 0 Å². The summed E-state index contributed by atoms with van der Waals surface area (Å²) in [4.78, 5) is 11.6. The Labute approximate surface area is 129 Å². The predicted molar refractivity (Wildman–Crippen MR) is 87.9 cm³/mol. The van der Waals surface area contributed by atoms with Crippen molar-refractivity contribution in [2.24, 2.45) is 0 Å². The standard InChI is InChI=1S/C15H22N4OS/c1-4-11-6-7-12(21-11)9-17-14-8-13(16-3)18-15(19-14)10-20-5-2/h6-8H,4-5,9-10H2,1-3H3,(H2,16,17,18,19). The molecule has 2 N–H and O–H groups in total. The largest absolute Gasteiger partial charge is 0.374 e. The van der Waals surface area contributed by atoms with Crippen LogP contribution in [0.1, 0.15) is 29.4 Å². The first-order valence-electron chi connectivity index (χ1n) is 7.20. The van der Waals surface area contributed by atoms with E-state index in [1.807, 2.05) is 31.4 Å². The van der Waals surface area contributed by atoms with Gasteiger partial charge in [0.05, 0.1) is 6.54 Å². The van der Waals surface area contributed by atoms with Crippen LogP contribution in [0.4, 0.5) is 11.6 Å². The predicted octanol–water partition coefficient (Wildman–Crippen LogP) is 3.29. The van der Waals surface area contributed by atoms with Crippen LogP contribution in [0.25, 0.3) is 0 Å². The molecule has 0 fully saturated rings. The second-order valence-electron chi connectivity index (χ2n) is 4.52. The van der Waals surface area contributed by atoms with Crippen molar-refractivity contribution in [3.05, 3.63) is 33.8 Å². The quantitative estimate of drug-likeness (QED) is 0.783. The summed E-state index contributed by atoms with van der Waals surface area (Å²) in [5, 5.41) is 6.41. The number of thiophene rings is 1. The monoisotopic (exact) mass is 306 g/mol. The molecule has 0 amide bonds. The molecule has 0 saturated carbocycles. The maximum Gasteiger partial charge on any atom is 0.158 e. The molecule has 5 nitrogen and oxygen atoms in total. The van der Waals surface area contributed by atoms with E-state index >= 15 is 0 Å². The normalized spacial score (nSPS) is 10.6. The van der Waals surface area contributed by atoms with Crippen LogP contribution < -0.4 is 10.6 Å². The summed E-state index contributed by atoms with van der Waals surface area (Å²) in [7, 11) is 1.85. The van der Waals surface area contributed by atoms with Gasteiger partial charge in [-0.3, -0.25) is 0 Å². The van der Waals surface area contributed by atoms with E-state index in [4.69, 9.17) is 4.74 Å². The number of hydrogen-bond acceptors (Lipinski definition) is 6. The van der Waals surface area contributed by atoms with Crippen LogP contribution in [0.15, 0.2) is 18.2 Å². The van der Waals surface area contributed by atoms with Gasteiger partial charge in [-0.1, -0.05) is 6.92 Å². The molecule has 0 bridgehead atoms. The summed E-state index contributed by atoms with van der Waals surface area (Å²) >= 11 is 1.83. The number of aryl methyl sites for hydroxylation is 1. The summed E-state index contributed by atoms with van der Waals surface area (Å²) in [6, 6.07) is 6.25. The molecule has 2 heterocycles. The Kier molecular flexibility index (Phi) is 5.95. The Hall–Kier alpha value is -1.66. The lowest BCUT2D eigenvalue weighted by molar-refractivity contribution is 0.128. The number of hydrogen-bond donors (Lipinski definition) is 2. The van der Waals surface area contributed by atoms with Crippen LogP contribution in [0.2, 0.25) is 0 Å². The summed E-state index contributed by atoms with van der Waals surface area (Å²) < 4.78 is 5.38. The molecule has 0 radical (unpaired) electrons. The molecule has 0 unspecified atom stereocenters. The van der Waals surface area contributed by atoms with Crippen molar-refractivity contribution in [1.82, 2.24) is 9.97 Å². The fourth-order valence-corrected chi connectivity index (χ4v) is 2.76. The minimum Gasteiger partial charge on any atom is -0.374 e. The molecule has 21 heavy (non-hydrogen) atoms. The van der Waals surface area contributed by atoms with Gasteiger partial charge in [-0.25, -0.2) is 9.97 Å². The van der Waals surface area contributed by atoms with Gasteiger partial charge in [-0.2, -0.15) is 0 Å². The van der Waals surface area contributed by atoms with E-state index in [2.05, 4.69) is 39.7 Å². The average Bonchev–Trinajstić information content (AvgIpc) is 2.98. The topological polar surface area (TPSA) is 59.1 Å². The molecule has 114 valence electrons. The fourth-order valence-electron chi connectivity index (χ4n) is 1.86. The molecule has 2 aromatic heterocycles. The molecule has 0 atom stereocenters. The van der Waals surface area contributed by atoms with Gasteiger partial charge in [-0.05, 0) is 25.5 Å². The van der Waals surface area contributed by atoms with Gasteiger partial charge in [0.15, 0.2) is 5.82 Å². The number of anilines is 2. The van der Waals surface area contributed by atoms with Crippen LogP contribution in [0.5, 0.6) is 0 Å². The van der Waals surface area contributed by atoms with E-state index in [-0.39, 0.29) is 0 Å². The van der Waals surface area contributed by atoms with Gasteiger partial charge >= 0.3 is 0 Å². The van der Waals surface area contributed by atoms with Crippen LogP contribution in [-0.2, 0) is 24.3 Å². The molecule has 0 saturated heterocycles. The van der Waals surface area contributed by atoms with Crippen molar-refractivity contribution in [3.63, 3.8) is 0 Å². The zero-order valence-electron chi connectivity index (χ0n) is 12.8. The lowest BCUT2D eigenvalue weighted by Crippen LogP contribution is -2.07. The molecule has 0 aliphatic carbocycles. The molecular weight excluding hydrogens is 284 g/mol. The Morgan fingerprint density at radius 1 is 1.14 bits per heavy atom. The highest BCUT2D eigenvalue weighted by atomic mass is 32.1. The highest BCUT2D eigenvalue weighted by Crippen LogP contribution is 2.19. The van der Waals surface area contributed by atoms with E-state index in [0.717, 1.165) is 24.6 Å². The molecule has 0 aromatic carbocycles. The SMILES string of the molecule is CCOCc1nc(NC)cc(NCc2ccc(CC)s2)n1. The third kappa shape index (κ3) is 4.68. The third-order valence-corrected chi connectivity index (χ3v) is 4.20. The molecular formula is C15H22N4OS. The minimum atomic E-state index is 0.430. The van der Waals surface area contributed by atoms with Crippen molar-refractivity contribution in [1.29, 1.82) is 0 Å². The van der Waals surface area contributed by atoms with Crippen molar-refractivity contribution >= 4 is 23.0 Å². The highest BCUT2D eigenvalue weighted by Gasteiger charge is 2.05. The van der Waals surface area contributed by atoms with E-state index < -0.39 is 0 Å². The summed E-state index contributed by atoms with van der Waals surface area (Å²) in [5.41, 5.74) is 0. The van der Waals surface area contributed by atoms with Crippen molar-refractivity contribution in [2.75, 3.05) is 24.3 Å². The first-order valence-corrected chi connectivity index (χ1v) is 8.01. The fraction of sp³-hybridized carbons (Fsp3) is 0.467. The van der Waals surface area contributed by atoms with Gasteiger partial charge in [0.1, 0.15) is 18.2 Å². The van der Waals surface area contributed by atoms with E-state index in [9.17, 15) is 0 Å². The second-order valence-corrected chi connectivity index (χ2v) is 5.77. The molecule has 2 aromatic rings. The van der Waals surface area contributed by atoms with Crippen LogP contribution in [0, 0.1) is 0 Å². The van der Waals surface area contributed by atoms with Crippen LogP contribution >= 0.6 is 11.3 Å². The summed E-state index contributed by atoms with van der Waals surface area (Å²) in [6.07, 6.45) is 1.08. The molecule has 6 heteroatoms. The van der Waals surface area contributed by atoms with E-state index in [0.29, 0.717) is 19.0 Å². The number of rotatable bonds is 8. The Balaban J connectivity index is 2.03. The highest BCUT2D eigenvalue weighted by molar-refractivity contribution is 7.12. The first-order chi connectivity index (χ1) is 10.2. The van der Waals surface area contributed by atoms with Crippen molar-refractivity contribution in [2.45, 2.75) is 33.4 Å². The number of aromatic nitrogens is 2. The molecule has 0 aliphatic rings. The lowest BCUT2D eigenvalue weighted by Gasteiger charge is -2.09. The second kappa shape index (κ2) is 7.95. The van der Waals surface area contributed by atoms with Gasteiger partial charge in [-0.15, -0.1) is 11.3 Å². The lowest BCUT2D eigenvalue weighted by atomic mass is 10.3. The molecule has 0 spiro atoms. The third-order valence-electron chi connectivity index (χ3n) is 2.97. The Bertz CT molecular complexity index is 571. The summed E-state index contributed by atoms with van der Waals surface area (Å²) in [5.74, 6) is 2.30. The van der Waals surface area contributed by atoms with Crippen molar-refractivity contribution in [3.8, 4) is 0 Å². The number of nitrogens with zero attached hydrogens (tertiary/aromatic N) is 2. The zero-order chi connectivity index (χ0) is 15.1.